The van der Waals surface area contributed by atoms with Crippen LogP contribution in [-0.4, -0.2) is 25.8 Å². The summed E-state index contributed by atoms with van der Waals surface area (Å²) in [5, 5.41) is 0. The summed E-state index contributed by atoms with van der Waals surface area (Å²) in [5.74, 6) is -0.0800. The quantitative estimate of drug-likeness (QED) is 0.558. The molecule has 0 aromatic rings. The largest absolute Gasteiger partial charge is 0.351 e. The lowest BCUT2D eigenvalue weighted by Crippen LogP contribution is -2.40. The Morgan fingerprint density at radius 1 is 1.25 bits per heavy atom. The summed E-state index contributed by atoms with van der Waals surface area (Å²) in [6.07, 6.45) is 0.715. The summed E-state index contributed by atoms with van der Waals surface area (Å²) in [7, 11) is 0. The van der Waals surface area contributed by atoms with Crippen LogP contribution in [0.1, 0.15) is 20.8 Å². The molecule has 3 nitrogen and oxygen atoms in total. The molecule has 0 saturated carbocycles. The molecule has 0 amide bonds. The van der Waals surface area contributed by atoms with Gasteiger partial charge in [-0.25, -0.2) is 0 Å². The Morgan fingerprint density at radius 3 is 2.08 bits per heavy atom. The van der Waals surface area contributed by atoms with E-state index in [0.29, 0.717) is 13.2 Å². The van der Waals surface area contributed by atoms with Crippen LogP contribution >= 0.6 is 0 Å². The van der Waals surface area contributed by atoms with E-state index in [1.54, 1.807) is 0 Å². The lowest BCUT2D eigenvalue weighted by molar-refractivity contribution is -0.237. The maximum absolute atomic E-state index is 10.4. The second-order valence-electron chi connectivity index (χ2n) is 4.26. The molecule has 1 aliphatic heterocycles. The third kappa shape index (κ3) is 2.29. The fourth-order valence-electron chi connectivity index (χ4n) is 1.10. The van der Waals surface area contributed by atoms with E-state index in [-0.39, 0.29) is 17.6 Å². The molecule has 1 rings (SSSR count). The number of carbonyl (C=O) groups excluding carboxylic acids is 1. The molecule has 3 heteroatoms. The molecule has 0 unspecified atom stereocenters. The van der Waals surface area contributed by atoms with E-state index in [2.05, 4.69) is 20.8 Å². The van der Waals surface area contributed by atoms with E-state index >= 15 is 0 Å². The molecule has 0 aromatic carbocycles. The summed E-state index contributed by atoms with van der Waals surface area (Å²) in [6, 6.07) is 0. The molecule has 70 valence electrons. The van der Waals surface area contributed by atoms with Crippen LogP contribution in [0.2, 0.25) is 0 Å². The molecule has 1 heterocycles. The van der Waals surface area contributed by atoms with Crippen molar-refractivity contribution in [1.29, 1.82) is 0 Å². The first-order chi connectivity index (χ1) is 5.54. The minimum absolute atomic E-state index is 0.00610. The SMILES string of the molecule is CC(C)(C)C1OCC(C=O)CO1. The van der Waals surface area contributed by atoms with Crippen molar-refractivity contribution in [2.75, 3.05) is 13.2 Å². The number of carbonyl (C=O) groups is 1. The van der Waals surface area contributed by atoms with Gasteiger partial charge in [-0.05, 0) is 0 Å². The third-order valence-electron chi connectivity index (χ3n) is 1.82. The number of hydrogen-bond donors (Lipinski definition) is 0. The second kappa shape index (κ2) is 3.54. The Labute approximate surface area is 73.0 Å². The zero-order valence-electron chi connectivity index (χ0n) is 7.87. The van der Waals surface area contributed by atoms with Gasteiger partial charge in [0.15, 0.2) is 6.29 Å². The maximum Gasteiger partial charge on any atom is 0.162 e. The molecule has 1 aliphatic rings. The minimum Gasteiger partial charge on any atom is -0.351 e. The van der Waals surface area contributed by atoms with Crippen molar-refractivity contribution in [3.63, 3.8) is 0 Å². The topological polar surface area (TPSA) is 35.5 Å². The van der Waals surface area contributed by atoms with Crippen molar-refractivity contribution < 1.29 is 14.3 Å². The zero-order valence-corrected chi connectivity index (χ0v) is 7.87. The zero-order chi connectivity index (χ0) is 9.19. The molecule has 12 heavy (non-hydrogen) atoms. The van der Waals surface area contributed by atoms with Crippen LogP contribution in [0.5, 0.6) is 0 Å². The Bertz CT molecular complexity index is 152. The van der Waals surface area contributed by atoms with E-state index in [4.69, 9.17) is 9.47 Å². The predicted molar refractivity (Wildman–Crippen MR) is 44.7 cm³/mol. The first-order valence-electron chi connectivity index (χ1n) is 4.22. The van der Waals surface area contributed by atoms with E-state index < -0.39 is 0 Å². The van der Waals surface area contributed by atoms with Crippen molar-refractivity contribution in [3.05, 3.63) is 0 Å². The Morgan fingerprint density at radius 2 is 1.75 bits per heavy atom. The van der Waals surface area contributed by atoms with E-state index in [1.165, 1.54) is 0 Å². The molecule has 0 bridgehead atoms. The predicted octanol–water partition coefficient (Wildman–Crippen LogP) is 1.22. The van der Waals surface area contributed by atoms with Gasteiger partial charge in [0, 0.05) is 5.41 Å². The second-order valence-corrected chi connectivity index (χ2v) is 4.26. The average molecular weight is 172 g/mol. The first kappa shape index (κ1) is 9.68. The highest BCUT2D eigenvalue weighted by atomic mass is 16.7. The van der Waals surface area contributed by atoms with E-state index in [0.717, 1.165) is 6.29 Å². The van der Waals surface area contributed by atoms with Crippen molar-refractivity contribution in [1.82, 2.24) is 0 Å². The van der Waals surface area contributed by atoms with E-state index in [1.807, 2.05) is 0 Å². The van der Waals surface area contributed by atoms with Gasteiger partial charge in [0.1, 0.15) is 6.29 Å². The van der Waals surface area contributed by atoms with Crippen LogP contribution in [-0.2, 0) is 14.3 Å². The fourth-order valence-corrected chi connectivity index (χ4v) is 1.10. The molecule has 1 saturated heterocycles. The van der Waals surface area contributed by atoms with Crippen LogP contribution < -0.4 is 0 Å². The van der Waals surface area contributed by atoms with Gasteiger partial charge < -0.3 is 14.3 Å². The molecular formula is C9H16O3. The maximum atomic E-state index is 10.4. The van der Waals surface area contributed by atoms with Gasteiger partial charge in [0.25, 0.3) is 0 Å². The standard InChI is InChI=1S/C9H16O3/c1-9(2,3)8-11-5-7(4-10)6-12-8/h4,7-8H,5-6H2,1-3H3. The van der Waals surface area contributed by atoms with Crippen molar-refractivity contribution >= 4 is 6.29 Å². The highest BCUT2D eigenvalue weighted by Gasteiger charge is 2.31. The Balaban J connectivity index is 2.41. The van der Waals surface area contributed by atoms with Crippen LogP contribution in [0, 0.1) is 11.3 Å². The number of rotatable bonds is 1. The van der Waals surface area contributed by atoms with Crippen molar-refractivity contribution in [2.45, 2.75) is 27.1 Å². The van der Waals surface area contributed by atoms with Crippen LogP contribution in [0.3, 0.4) is 0 Å². The van der Waals surface area contributed by atoms with Crippen molar-refractivity contribution in [3.8, 4) is 0 Å². The molecule has 0 spiro atoms. The monoisotopic (exact) mass is 172 g/mol. The molecule has 0 aliphatic carbocycles. The lowest BCUT2D eigenvalue weighted by Gasteiger charge is -2.35. The minimum atomic E-state index is -0.173. The van der Waals surface area contributed by atoms with Gasteiger partial charge in [-0.1, -0.05) is 20.8 Å². The molecule has 0 atom stereocenters. The van der Waals surface area contributed by atoms with Crippen LogP contribution in [0.15, 0.2) is 0 Å². The summed E-state index contributed by atoms with van der Waals surface area (Å²) in [5.41, 5.74) is -0.00610. The van der Waals surface area contributed by atoms with Crippen LogP contribution in [0.4, 0.5) is 0 Å². The first-order valence-corrected chi connectivity index (χ1v) is 4.22. The molecule has 0 N–H and O–H groups in total. The summed E-state index contributed by atoms with van der Waals surface area (Å²) >= 11 is 0. The molecular weight excluding hydrogens is 156 g/mol. The number of ether oxygens (including phenoxy) is 2. The average Bonchev–Trinajstić information content (AvgIpc) is 2.03. The number of aldehydes is 1. The van der Waals surface area contributed by atoms with E-state index in [9.17, 15) is 4.79 Å². The van der Waals surface area contributed by atoms with Gasteiger partial charge in [0.2, 0.25) is 0 Å². The fraction of sp³-hybridized carbons (Fsp3) is 0.889. The van der Waals surface area contributed by atoms with Crippen LogP contribution in [0.25, 0.3) is 0 Å². The smallest absolute Gasteiger partial charge is 0.162 e. The van der Waals surface area contributed by atoms with Gasteiger partial charge in [-0.2, -0.15) is 0 Å². The molecule has 1 fully saturated rings. The van der Waals surface area contributed by atoms with Crippen molar-refractivity contribution in [2.24, 2.45) is 11.3 Å². The normalized spacial score (nSPS) is 31.6. The Hall–Kier alpha value is -0.410. The summed E-state index contributed by atoms with van der Waals surface area (Å²) in [6.45, 7) is 7.15. The third-order valence-corrected chi connectivity index (χ3v) is 1.82. The highest BCUT2D eigenvalue weighted by molar-refractivity contribution is 5.53. The molecule has 0 aromatic heterocycles. The highest BCUT2D eigenvalue weighted by Crippen LogP contribution is 2.26. The molecule has 0 radical (unpaired) electrons. The van der Waals surface area contributed by atoms with Gasteiger partial charge in [-0.3, -0.25) is 0 Å². The summed E-state index contributed by atoms with van der Waals surface area (Å²) in [4.78, 5) is 10.4. The van der Waals surface area contributed by atoms with Gasteiger partial charge in [0.05, 0.1) is 19.1 Å². The number of hydrogen-bond acceptors (Lipinski definition) is 3. The summed E-state index contributed by atoms with van der Waals surface area (Å²) < 4.78 is 10.8. The van der Waals surface area contributed by atoms with Gasteiger partial charge in [-0.15, -0.1) is 0 Å². The Kier molecular flexibility index (Phi) is 2.85. The van der Waals surface area contributed by atoms with Gasteiger partial charge >= 0.3 is 0 Å². The lowest BCUT2D eigenvalue weighted by atomic mass is 9.95.